The molecule has 2 aromatic rings. The van der Waals surface area contributed by atoms with Crippen LogP contribution in [0.3, 0.4) is 0 Å². The van der Waals surface area contributed by atoms with Crippen LogP contribution in [0, 0.1) is 6.92 Å². The van der Waals surface area contributed by atoms with Gasteiger partial charge in [-0.1, -0.05) is 62.4 Å². The Hall–Kier alpha value is -1.82. The molecule has 0 nitrogen and oxygen atoms in total. The maximum Gasteiger partial charge on any atom is -0.00990 e. The summed E-state index contributed by atoms with van der Waals surface area (Å²) in [6, 6.07) is 13.4. The minimum Gasteiger partial charge on any atom is -0.0905 e. The zero-order valence-corrected chi connectivity index (χ0v) is 11.2. The van der Waals surface area contributed by atoms with Gasteiger partial charge in [-0.05, 0) is 46.2 Å². The fourth-order valence-electron chi connectivity index (χ4n) is 2.69. The molecular formula is C18H18. The monoisotopic (exact) mass is 234 g/mol. The lowest BCUT2D eigenvalue weighted by atomic mass is 9.96. The number of aryl methyl sites for hydroxylation is 1. The van der Waals surface area contributed by atoms with Crippen LogP contribution in [0.25, 0.3) is 16.7 Å². The van der Waals surface area contributed by atoms with Gasteiger partial charge in [-0.3, -0.25) is 0 Å². The third-order valence-corrected chi connectivity index (χ3v) is 3.83. The number of fused-ring (bicyclic) bond motifs is 3. The molecule has 0 amide bonds. The summed E-state index contributed by atoms with van der Waals surface area (Å²) in [4.78, 5) is 0. The van der Waals surface area contributed by atoms with Crippen LogP contribution in [0.1, 0.15) is 42.0 Å². The van der Waals surface area contributed by atoms with Crippen molar-refractivity contribution >= 4 is 5.57 Å². The highest BCUT2D eigenvalue weighted by Crippen LogP contribution is 2.44. The molecule has 0 unspecified atom stereocenters. The van der Waals surface area contributed by atoms with Gasteiger partial charge in [-0.2, -0.15) is 0 Å². The summed E-state index contributed by atoms with van der Waals surface area (Å²) < 4.78 is 0. The smallest absolute Gasteiger partial charge is 0.00990 e. The summed E-state index contributed by atoms with van der Waals surface area (Å²) in [5.74, 6) is 0.563. The van der Waals surface area contributed by atoms with E-state index in [1.807, 2.05) is 0 Å². The fourth-order valence-corrected chi connectivity index (χ4v) is 2.69. The zero-order valence-electron chi connectivity index (χ0n) is 11.2. The van der Waals surface area contributed by atoms with Gasteiger partial charge in [0.15, 0.2) is 0 Å². The molecule has 1 aliphatic carbocycles. The Balaban J connectivity index is 2.23. The van der Waals surface area contributed by atoms with E-state index >= 15 is 0 Å². The van der Waals surface area contributed by atoms with Crippen LogP contribution in [-0.2, 0) is 0 Å². The standard InChI is InChI=1S/C18H18/c1-11(2)14-6-8-16-15-7-5-12(3)9-17(15)13(4)18(16)10-14/h5-11H,4H2,1-3H3. The highest BCUT2D eigenvalue weighted by atomic mass is 14.3. The molecule has 0 saturated carbocycles. The lowest BCUT2D eigenvalue weighted by molar-refractivity contribution is 0.866. The van der Waals surface area contributed by atoms with E-state index in [1.54, 1.807) is 0 Å². The minimum atomic E-state index is 0.563. The second-order valence-corrected chi connectivity index (χ2v) is 5.49. The molecule has 0 heterocycles. The predicted molar refractivity (Wildman–Crippen MR) is 78.8 cm³/mol. The first-order valence-electron chi connectivity index (χ1n) is 6.52. The van der Waals surface area contributed by atoms with E-state index in [0.29, 0.717) is 5.92 Å². The van der Waals surface area contributed by atoms with Crippen molar-refractivity contribution in [2.75, 3.05) is 0 Å². The van der Waals surface area contributed by atoms with Crippen LogP contribution < -0.4 is 0 Å². The highest BCUT2D eigenvalue weighted by Gasteiger charge is 2.22. The number of rotatable bonds is 1. The van der Waals surface area contributed by atoms with Gasteiger partial charge in [-0.25, -0.2) is 0 Å². The quantitative estimate of drug-likeness (QED) is 0.545. The van der Waals surface area contributed by atoms with Crippen molar-refractivity contribution in [1.29, 1.82) is 0 Å². The van der Waals surface area contributed by atoms with Crippen LogP contribution in [0.2, 0.25) is 0 Å². The summed E-state index contributed by atoms with van der Waals surface area (Å²) >= 11 is 0. The van der Waals surface area contributed by atoms with Crippen molar-refractivity contribution in [1.82, 2.24) is 0 Å². The second-order valence-electron chi connectivity index (χ2n) is 5.49. The fraction of sp³-hybridized carbons (Fsp3) is 0.222. The van der Waals surface area contributed by atoms with E-state index in [-0.39, 0.29) is 0 Å². The Labute approximate surface area is 109 Å². The van der Waals surface area contributed by atoms with Crippen LogP contribution in [0.5, 0.6) is 0 Å². The van der Waals surface area contributed by atoms with Gasteiger partial charge in [0.05, 0.1) is 0 Å². The number of hydrogen-bond acceptors (Lipinski definition) is 0. The average molecular weight is 234 g/mol. The lowest BCUT2D eigenvalue weighted by Crippen LogP contribution is -1.89. The van der Waals surface area contributed by atoms with Gasteiger partial charge in [-0.15, -0.1) is 0 Å². The van der Waals surface area contributed by atoms with Gasteiger partial charge in [0, 0.05) is 0 Å². The van der Waals surface area contributed by atoms with Crippen LogP contribution in [0.15, 0.2) is 43.0 Å². The molecule has 0 bridgehead atoms. The first-order chi connectivity index (χ1) is 8.58. The van der Waals surface area contributed by atoms with Gasteiger partial charge in [0.2, 0.25) is 0 Å². The summed E-state index contributed by atoms with van der Waals surface area (Å²) in [5, 5.41) is 0. The van der Waals surface area contributed by atoms with Crippen LogP contribution in [-0.4, -0.2) is 0 Å². The molecule has 90 valence electrons. The van der Waals surface area contributed by atoms with E-state index < -0.39 is 0 Å². The lowest BCUT2D eigenvalue weighted by Gasteiger charge is -2.08. The van der Waals surface area contributed by atoms with E-state index in [2.05, 4.69) is 63.7 Å². The molecule has 0 N–H and O–H groups in total. The molecule has 0 fully saturated rings. The van der Waals surface area contributed by atoms with E-state index in [9.17, 15) is 0 Å². The topological polar surface area (TPSA) is 0 Å². The Morgan fingerprint density at radius 1 is 0.833 bits per heavy atom. The Morgan fingerprint density at radius 3 is 2.11 bits per heavy atom. The maximum absolute atomic E-state index is 4.28. The van der Waals surface area contributed by atoms with E-state index in [1.165, 1.54) is 39.0 Å². The molecule has 18 heavy (non-hydrogen) atoms. The largest absolute Gasteiger partial charge is 0.0905 e. The van der Waals surface area contributed by atoms with Gasteiger partial charge in [0.25, 0.3) is 0 Å². The summed E-state index contributed by atoms with van der Waals surface area (Å²) in [7, 11) is 0. The Morgan fingerprint density at radius 2 is 1.44 bits per heavy atom. The molecule has 0 aromatic heterocycles. The molecule has 0 aliphatic heterocycles. The summed E-state index contributed by atoms with van der Waals surface area (Å²) in [5.41, 5.74) is 9.13. The summed E-state index contributed by atoms with van der Waals surface area (Å²) in [6.07, 6.45) is 0. The molecule has 1 aliphatic rings. The van der Waals surface area contributed by atoms with Crippen LogP contribution >= 0.6 is 0 Å². The average Bonchev–Trinajstić information content (AvgIpc) is 2.62. The molecule has 2 aromatic carbocycles. The van der Waals surface area contributed by atoms with E-state index in [4.69, 9.17) is 0 Å². The normalized spacial score (nSPS) is 12.8. The number of benzene rings is 2. The Bertz CT molecular complexity index is 645. The predicted octanol–water partition coefficient (Wildman–Crippen LogP) is 5.16. The molecule has 0 spiro atoms. The SMILES string of the molecule is C=C1c2cc(C)ccc2-c2ccc(C(C)C)cc21. The Kier molecular flexibility index (Phi) is 2.41. The maximum atomic E-state index is 4.28. The molecule has 0 saturated heterocycles. The highest BCUT2D eigenvalue weighted by molar-refractivity contribution is 6.00. The third kappa shape index (κ3) is 1.53. The first-order valence-corrected chi connectivity index (χ1v) is 6.52. The molecule has 3 rings (SSSR count). The molecule has 0 heteroatoms. The molecule has 0 atom stereocenters. The zero-order chi connectivity index (χ0) is 12.9. The van der Waals surface area contributed by atoms with Crippen molar-refractivity contribution in [2.45, 2.75) is 26.7 Å². The summed E-state index contributed by atoms with van der Waals surface area (Å²) in [6.45, 7) is 10.9. The third-order valence-electron chi connectivity index (χ3n) is 3.83. The van der Waals surface area contributed by atoms with Crippen molar-refractivity contribution in [2.24, 2.45) is 0 Å². The minimum absolute atomic E-state index is 0.563. The van der Waals surface area contributed by atoms with Crippen LogP contribution in [0.4, 0.5) is 0 Å². The first kappa shape index (κ1) is 11.3. The van der Waals surface area contributed by atoms with Crippen molar-refractivity contribution < 1.29 is 0 Å². The number of hydrogen-bond donors (Lipinski definition) is 0. The van der Waals surface area contributed by atoms with E-state index in [0.717, 1.165) is 0 Å². The van der Waals surface area contributed by atoms with Crippen molar-refractivity contribution in [3.8, 4) is 11.1 Å². The second kappa shape index (κ2) is 3.84. The van der Waals surface area contributed by atoms with Crippen molar-refractivity contribution in [3.05, 3.63) is 65.2 Å². The van der Waals surface area contributed by atoms with Gasteiger partial charge >= 0.3 is 0 Å². The van der Waals surface area contributed by atoms with Gasteiger partial charge < -0.3 is 0 Å². The van der Waals surface area contributed by atoms with Crippen molar-refractivity contribution in [3.63, 3.8) is 0 Å². The molecule has 0 radical (unpaired) electrons. The molecular weight excluding hydrogens is 216 g/mol. The van der Waals surface area contributed by atoms with Gasteiger partial charge in [0.1, 0.15) is 0 Å².